The Morgan fingerprint density at radius 3 is 2.70 bits per heavy atom. The molecule has 1 aliphatic rings. The fraction of sp³-hybridized carbons (Fsp3) is 0.562. The van der Waals surface area contributed by atoms with Crippen molar-refractivity contribution in [1.82, 2.24) is 5.32 Å². The van der Waals surface area contributed by atoms with E-state index in [-0.39, 0.29) is 5.91 Å². The lowest BCUT2D eigenvalue weighted by Gasteiger charge is -2.20. The van der Waals surface area contributed by atoms with Crippen LogP contribution >= 0.6 is 11.8 Å². The van der Waals surface area contributed by atoms with E-state index >= 15 is 0 Å². The van der Waals surface area contributed by atoms with E-state index in [0.29, 0.717) is 11.3 Å². The van der Waals surface area contributed by atoms with Crippen LogP contribution in [0.5, 0.6) is 0 Å². The molecule has 0 aromatic heterocycles. The summed E-state index contributed by atoms with van der Waals surface area (Å²) in [7, 11) is 0. The van der Waals surface area contributed by atoms with Crippen LogP contribution in [0.25, 0.3) is 0 Å². The normalized spacial score (nSPS) is 21.9. The van der Waals surface area contributed by atoms with Crippen LogP contribution in [0.4, 0.5) is 5.69 Å². The molecule has 3 nitrogen and oxygen atoms in total. The third-order valence-corrected chi connectivity index (χ3v) is 4.98. The highest BCUT2D eigenvalue weighted by Crippen LogP contribution is 2.35. The molecule has 2 unspecified atom stereocenters. The van der Waals surface area contributed by atoms with Gasteiger partial charge in [-0.2, -0.15) is 0 Å². The number of anilines is 1. The number of carbonyl (C=O) groups is 1. The van der Waals surface area contributed by atoms with Crippen molar-refractivity contribution >= 4 is 23.4 Å². The number of thioether (sulfide) groups is 1. The van der Waals surface area contributed by atoms with E-state index in [4.69, 9.17) is 0 Å². The number of rotatable bonds is 6. The van der Waals surface area contributed by atoms with E-state index in [1.54, 1.807) is 0 Å². The number of benzene rings is 1. The van der Waals surface area contributed by atoms with E-state index < -0.39 is 0 Å². The Kier molecular flexibility index (Phi) is 5.92. The smallest absolute Gasteiger partial charge is 0.221 e. The second-order valence-corrected chi connectivity index (χ2v) is 6.67. The molecule has 1 saturated carbocycles. The molecule has 1 aromatic rings. The minimum atomic E-state index is -0.0231. The van der Waals surface area contributed by atoms with Gasteiger partial charge in [0.1, 0.15) is 0 Å². The SMILES string of the molecule is CCCNC1CCCC1Sc1ccc(NC(C)=O)cc1. The van der Waals surface area contributed by atoms with Gasteiger partial charge in [0.15, 0.2) is 0 Å². The van der Waals surface area contributed by atoms with E-state index in [1.807, 2.05) is 23.9 Å². The molecule has 0 heterocycles. The topological polar surface area (TPSA) is 41.1 Å². The second-order valence-electron chi connectivity index (χ2n) is 5.35. The first-order valence-corrected chi connectivity index (χ1v) is 8.34. The molecule has 4 heteroatoms. The highest BCUT2D eigenvalue weighted by Gasteiger charge is 2.27. The van der Waals surface area contributed by atoms with Crippen LogP contribution in [0.2, 0.25) is 0 Å². The molecule has 1 aromatic carbocycles. The maximum atomic E-state index is 11.0. The Hall–Kier alpha value is -1.00. The lowest BCUT2D eigenvalue weighted by molar-refractivity contribution is -0.114. The van der Waals surface area contributed by atoms with Gasteiger partial charge in [0.05, 0.1) is 0 Å². The first kappa shape index (κ1) is 15.4. The average Bonchev–Trinajstić information content (AvgIpc) is 2.85. The Balaban J connectivity index is 1.90. The van der Waals surface area contributed by atoms with Crippen LogP contribution in [0.15, 0.2) is 29.2 Å². The first-order chi connectivity index (χ1) is 9.69. The molecule has 0 spiro atoms. The van der Waals surface area contributed by atoms with Gasteiger partial charge < -0.3 is 10.6 Å². The number of hydrogen-bond acceptors (Lipinski definition) is 3. The summed E-state index contributed by atoms with van der Waals surface area (Å²) in [6.07, 6.45) is 5.10. The van der Waals surface area contributed by atoms with Gasteiger partial charge in [0.2, 0.25) is 5.91 Å². The minimum absolute atomic E-state index is 0.0231. The highest BCUT2D eigenvalue weighted by molar-refractivity contribution is 8.00. The van der Waals surface area contributed by atoms with Gasteiger partial charge in [-0.15, -0.1) is 11.8 Å². The summed E-state index contributed by atoms with van der Waals surface area (Å²) in [4.78, 5) is 12.3. The second kappa shape index (κ2) is 7.70. The summed E-state index contributed by atoms with van der Waals surface area (Å²) in [5.74, 6) is -0.0231. The summed E-state index contributed by atoms with van der Waals surface area (Å²) in [6, 6.07) is 8.81. The predicted octanol–water partition coefficient (Wildman–Crippen LogP) is 3.66. The highest BCUT2D eigenvalue weighted by atomic mass is 32.2. The Labute approximate surface area is 125 Å². The van der Waals surface area contributed by atoms with Crippen molar-refractivity contribution < 1.29 is 4.79 Å². The van der Waals surface area contributed by atoms with E-state index in [0.717, 1.165) is 12.2 Å². The third-order valence-electron chi connectivity index (χ3n) is 3.57. The van der Waals surface area contributed by atoms with Crippen LogP contribution < -0.4 is 10.6 Å². The van der Waals surface area contributed by atoms with Crippen LogP contribution in [0.1, 0.15) is 39.5 Å². The maximum absolute atomic E-state index is 11.0. The van der Waals surface area contributed by atoms with Gasteiger partial charge in [-0.1, -0.05) is 13.3 Å². The summed E-state index contributed by atoms with van der Waals surface area (Å²) < 4.78 is 0. The summed E-state index contributed by atoms with van der Waals surface area (Å²) in [5, 5.41) is 7.14. The van der Waals surface area contributed by atoms with Crippen LogP contribution in [0, 0.1) is 0 Å². The van der Waals surface area contributed by atoms with Gasteiger partial charge in [0, 0.05) is 28.8 Å². The van der Waals surface area contributed by atoms with Crippen molar-refractivity contribution in [2.45, 2.75) is 55.7 Å². The molecule has 0 bridgehead atoms. The lowest BCUT2D eigenvalue weighted by atomic mass is 10.2. The van der Waals surface area contributed by atoms with Gasteiger partial charge >= 0.3 is 0 Å². The molecular formula is C16H24N2OS. The maximum Gasteiger partial charge on any atom is 0.221 e. The molecule has 0 aliphatic heterocycles. The molecule has 2 rings (SSSR count). The zero-order valence-corrected chi connectivity index (χ0v) is 13.1. The standard InChI is InChI=1S/C16H24N2OS/c1-3-11-17-15-5-4-6-16(15)20-14-9-7-13(8-10-14)18-12(2)19/h7-10,15-17H,3-6,11H2,1-2H3,(H,18,19). The van der Waals surface area contributed by atoms with Crippen molar-refractivity contribution in [2.75, 3.05) is 11.9 Å². The number of carbonyl (C=O) groups excluding carboxylic acids is 1. The molecule has 0 radical (unpaired) electrons. The van der Waals surface area contributed by atoms with Crippen LogP contribution in [0.3, 0.4) is 0 Å². The molecule has 1 amide bonds. The van der Waals surface area contributed by atoms with Crippen molar-refractivity contribution in [3.63, 3.8) is 0 Å². The Bertz CT molecular complexity index is 433. The average molecular weight is 292 g/mol. The molecule has 2 atom stereocenters. The van der Waals surface area contributed by atoms with Gasteiger partial charge in [-0.05, 0) is 50.1 Å². The third kappa shape index (κ3) is 4.53. The lowest BCUT2D eigenvalue weighted by Crippen LogP contribution is -2.34. The minimum Gasteiger partial charge on any atom is -0.326 e. The van der Waals surface area contributed by atoms with Gasteiger partial charge in [-0.25, -0.2) is 0 Å². The largest absolute Gasteiger partial charge is 0.326 e. The van der Waals surface area contributed by atoms with Crippen LogP contribution in [-0.2, 0) is 4.79 Å². The molecule has 1 fully saturated rings. The molecule has 20 heavy (non-hydrogen) atoms. The summed E-state index contributed by atoms with van der Waals surface area (Å²) >= 11 is 1.96. The fourth-order valence-corrected chi connectivity index (χ4v) is 3.95. The monoisotopic (exact) mass is 292 g/mol. The Morgan fingerprint density at radius 2 is 2.05 bits per heavy atom. The number of nitrogens with one attached hydrogen (secondary N) is 2. The first-order valence-electron chi connectivity index (χ1n) is 7.46. The van der Waals surface area contributed by atoms with Crippen molar-refractivity contribution in [1.29, 1.82) is 0 Å². The van der Waals surface area contributed by atoms with E-state index in [9.17, 15) is 4.79 Å². The zero-order chi connectivity index (χ0) is 14.4. The van der Waals surface area contributed by atoms with Gasteiger partial charge in [-0.3, -0.25) is 4.79 Å². The summed E-state index contributed by atoms with van der Waals surface area (Å²) in [5.41, 5.74) is 0.869. The molecule has 2 N–H and O–H groups in total. The fourth-order valence-electron chi connectivity index (χ4n) is 2.63. The zero-order valence-electron chi connectivity index (χ0n) is 12.3. The van der Waals surface area contributed by atoms with Crippen molar-refractivity contribution in [3.8, 4) is 0 Å². The van der Waals surface area contributed by atoms with Crippen molar-refractivity contribution in [3.05, 3.63) is 24.3 Å². The molecule has 0 saturated heterocycles. The van der Waals surface area contributed by atoms with Crippen LogP contribution in [-0.4, -0.2) is 23.7 Å². The van der Waals surface area contributed by atoms with E-state index in [2.05, 4.69) is 29.7 Å². The van der Waals surface area contributed by atoms with Gasteiger partial charge in [0.25, 0.3) is 0 Å². The molecular weight excluding hydrogens is 268 g/mol. The van der Waals surface area contributed by atoms with Crippen molar-refractivity contribution in [2.24, 2.45) is 0 Å². The predicted molar refractivity (Wildman–Crippen MR) is 86.3 cm³/mol. The number of hydrogen-bond donors (Lipinski definition) is 2. The number of amides is 1. The Morgan fingerprint density at radius 1 is 1.30 bits per heavy atom. The quantitative estimate of drug-likeness (QED) is 0.841. The molecule has 1 aliphatic carbocycles. The van der Waals surface area contributed by atoms with E-state index in [1.165, 1.54) is 37.5 Å². The summed E-state index contributed by atoms with van der Waals surface area (Å²) in [6.45, 7) is 4.86. The molecule has 110 valence electrons.